The van der Waals surface area contributed by atoms with Gasteiger partial charge in [0.25, 0.3) is 0 Å². The zero-order valence-electron chi connectivity index (χ0n) is 10.5. The molecule has 0 radical (unpaired) electrons. The quantitative estimate of drug-likeness (QED) is 0.717. The Morgan fingerprint density at radius 2 is 2.11 bits per heavy atom. The number of carboxylic acid groups (broad SMARTS) is 1. The Hall–Kier alpha value is -1.98. The summed E-state index contributed by atoms with van der Waals surface area (Å²) in [5.74, 6) is 0.512. The van der Waals surface area contributed by atoms with E-state index in [-0.39, 0.29) is 18.4 Å². The van der Waals surface area contributed by atoms with E-state index in [9.17, 15) is 9.59 Å². The van der Waals surface area contributed by atoms with E-state index < -0.39 is 5.97 Å². The highest BCUT2D eigenvalue weighted by Crippen LogP contribution is 2.05. The standard InChI is InChI=1S/C12H18N2O4/c1-8(5-11(15)16)6-13-12(17)14-7-10-4-3-9(2)18-10/h3-4,8H,5-7H2,1-2H3,(H,15,16)(H2,13,14,17). The Bertz CT molecular complexity index is 414. The number of aryl methyl sites for hydroxylation is 1. The molecule has 18 heavy (non-hydrogen) atoms. The van der Waals surface area contributed by atoms with Gasteiger partial charge in [0, 0.05) is 13.0 Å². The molecule has 0 aliphatic heterocycles. The van der Waals surface area contributed by atoms with Crippen LogP contribution in [-0.2, 0) is 11.3 Å². The zero-order chi connectivity index (χ0) is 13.5. The van der Waals surface area contributed by atoms with Crippen LogP contribution in [0.1, 0.15) is 24.9 Å². The molecule has 0 spiro atoms. The minimum atomic E-state index is -0.865. The van der Waals surface area contributed by atoms with Crippen molar-refractivity contribution in [2.24, 2.45) is 5.92 Å². The molecule has 1 aromatic rings. The summed E-state index contributed by atoms with van der Waals surface area (Å²) < 4.78 is 5.29. The van der Waals surface area contributed by atoms with Gasteiger partial charge in [-0.3, -0.25) is 4.79 Å². The molecule has 0 aromatic carbocycles. The van der Waals surface area contributed by atoms with E-state index in [2.05, 4.69) is 10.6 Å². The number of furan rings is 1. The maximum Gasteiger partial charge on any atom is 0.315 e. The zero-order valence-corrected chi connectivity index (χ0v) is 10.5. The molecule has 1 aromatic heterocycles. The number of urea groups is 1. The van der Waals surface area contributed by atoms with Crippen LogP contribution in [-0.4, -0.2) is 23.7 Å². The van der Waals surface area contributed by atoms with Gasteiger partial charge in [-0.2, -0.15) is 0 Å². The lowest BCUT2D eigenvalue weighted by molar-refractivity contribution is -0.137. The second-order valence-corrected chi connectivity index (χ2v) is 4.28. The van der Waals surface area contributed by atoms with E-state index in [1.54, 1.807) is 13.0 Å². The second kappa shape index (κ2) is 6.68. The average Bonchev–Trinajstić information content (AvgIpc) is 2.69. The molecule has 0 fully saturated rings. The molecule has 6 heteroatoms. The number of hydrogen-bond acceptors (Lipinski definition) is 3. The minimum absolute atomic E-state index is 0.0393. The summed E-state index contributed by atoms with van der Waals surface area (Å²) in [4.78, 5) is 21.8. The number of aliphatic carboxylic acids is 1. The van der Waals surface area contributed by atoms with E-state index in [1.165, 1.54) is 0 Å². The second-order valence-electron chi connectivity index (χ2n) is 4.28. The van der Waals surface area contributed by atoms with Gasteiger partial charge in [-0.15, -0.1) is 0 Å². The fourth-order valence-electron chi connectivity index (χ4n) is 1.45. The van der Waals surface area contributed by atoms with Crippen LogP contribution >= 0.6 is 0 Å². The predicted molar refractivity (Wildman–Crippen MR) is 65.1 cm³/mol. The number of nitrogens with one attached hydrogen (secondary N) is 2. The summed E-state index contributed by atoms with van der Waals surface area (Å²) in [5.41, 5.74) is 0. The fraction of sp³-hybridized carbons (Fsp3) is 0.500. The van der Waals surface area contributed by atoms with Gasteiger partial charge in [0.15, 0.2) is 0 Å². The topological polar surface area (TPSA) is 91.6 Å². The van der Waals surface area contributed by atoms with Crippen LogP contribution in [0.2, 0.25) is 0 Å². The molecule has 0 saturated heterocycles. The third-order valence-electron chi connectivity index (χ3n) is 2.35. The summed E-state index contributed by atoms with van der Waals surface area (Å²) in [6.45, 7) is 4.24. The summed E-state index contributed by atoms with van der Waals surface area (Å²) in [6.07, 6.45) is 0.0393. The normalized spacial score (nSPS) is 11.9. The molecular formula is C12H18N2O4. The third-order valence-corrected chi connectivity index (χ3v) is 2.35. The molecule has 1 atom stereocenters. The van der Waals surface area contributed by atoms with Crippen LogP contribution in [0, 0.1) is 12.8 Å². The van der Waals surface area contributed by atoms with Crippen molar-refractivity contribution in [3.8, 4) is 0 Å². The third kappa shape index (κ3) is 5.38. The molecule has 1 unspecified atom stereocenters. The minimum Gasteiger partial charge on any atom is -0.481 e. The largest absolute Gasteiger partial charge is 0.481 e. The maximum absolute atomic E-state index is 11.4. The van der Waals surface area contributed by atoms with Crippen molar-refractivity contribution in [3.63, 3.8) is 0 Å². The Balaban J connectivity index is 2.19. The van der Waals surface area contributed by atoms with E-state index in [0.29, 0.717) is 18.8 Å². The first-order valence-electron chi connectivity index (χ1n) is 5.76. The van der Waals surface area contributed by atoms with Crippen molar-refractivity contribution >= 4 is 12.0 Å². The lowest BCUT2D eigenvalue weighted by atomic mass is 10.1. The number of hydrogen-bond donors (Lipinski definition) is 3. The first-order valence-corrected chi connectivity index (χ1v) is 5.76. The van der Waals surface area contributed by atoms with Crippen molar-refractivity contribution in [2.75, 3.05) is 6.54 Å². The lowest BCUT2D eigenvalue weighted by Crippen LogP contribution is -2.37. The molecule has 1 heterocycles. The van der Waals surface area contributed by atoms with Gasteiger partial charge in [-0.25, -0.2) is 4.79 Å². The van der Waals surface area contributed by atoms with Gasteiger partial charge in [-0.05, 0) is 25.0 Å². The smallest absolute Gasteiger partial charge is 0.315 e. The average molecular weight is 254 g/mol. The Morgan fingerprint density at radius 3 is 2.67 bits per heavy atom. The first kappa shape index (κ1) is 14.1. The predicted octanol–water partition coefficient (Wildman–Crippen LogP) is 1.50. The summed E-state index contributed by atoms with van der Waals surface area (Å²) >= 11 is 0. The number of amides is 2. The van der Waals surface area contributed by atoms with Gasteiger partial charge < -0.3 is 20.2 Å². The van der Waals surface area contributed by atoms with E-state index >= 15 is 0 Å². The molecule has 2 amide bonds. The molecule has 1 rings (SSSR count). The Labute approximate surface area is 105 Å². The number of rotatable bonds is 6. The highest BCUT2D eigenvalue weighted by atomic mass is 16.4. The molecule has 0 aliphatic rings. The highest BCUT2D eigenvalue weighted by Gasteiger charge is 2.09. The number of carbonyl (C=O) groups is 2. The fourth-order valence-corrected chi connectivity index (χ4v) is 1.45. The molecule has 3 N–H and O–H groups in total. The summed E-state index contributed by atoms with van der Waals surface area (Å²) in [5, 5.41) is 13.8. The van der Waals surface area contributed by atoms with Crippen LogP contribution < -0.4 is 10.6 Å². The molecule has 0 saturated carbocycles. The van der Waals surface area contributed by atoms with Crippen LogP contribution in [0.25, 0.3) is 0 Å². The molecule has 100 valence electrons. The SMILES string of the molecule is Cc1ccc(CNC(=O)NCC(C)CC(=O)O)o1. The van der Waals surface area contributed by atoms with Crippen LogP contribution in [0.5, 0.6) is 0 Å². The monoisotopic (exact) mass is 254 g/mol. The van der Waals surface area contributed by atoms with Gasteiger partial charge >= 0.3 is 12.0 Å². The van der Waals surface area contributed by atoms with Crippen molar-refractivity contribution in [1.82, 2.24) is 10.6 Å². The van der Waals surface area contributed by atoms with Crippen molar-refractivity contribution in [1.29, 1.82) is 0 Å². The summed E-state index contributed by atoms with van der Waals surface area (Å²) in [6, 6.07) is 3.29. The molecular weight excluding hydrogens is 236 g/mol. The maximum atomic E-state index is 11.4. The Morgan fingerprint density at radius 1 is 1.39 bits per heavy atom. The van der Waals surface area contributed by atoms with Crippen molar-refractivity contribution in [3.05, 3.63) is 23.7 Å². The van der Waals surface area contributed by atoms with Crippen LogP contribution in [0.15, 0.2) is 16.5 Å². The first-order chi connectivity index (χ1) is 8.47. The lowest BCUT2D eigenvalue weighted by Gasteiger charge is -2.10. The van der Waals surface area contributed by atoms with E-state index in [4.69, 9.17) is 9.52 Å². The summed E-state index contributed by atoms with van der Waals surface area (Å²) in [7, 11) is 0. The van der Waals surface area contributed by atoms with Crippen molar-refractivity contribution in [2.45, 2.75) is 26.8 Å². The molecule has 0 bridgehead atoms. The van der Waals surface area contributed by atoms with Gasteiger partial charge in [0.1, 0.15) is 11.5 Å². The van der Waals surface area contributed by atoms with E-state index in [1.807, 2.05) is 13.0 Å². The molecule has 0 aliphatic carbocycles. The Kier molecular flexibility index (Phi) is 5.23. The highest BCUT2D eigenvalue weighted by molar-refractivity contribution is 5.73. The van der Waals surface area contributed by atoms with Crippen molar-refractivity contribution < 1.29 is 19.1 Å². The van der Waals surface area contributed by atoms with Gasteiger partial charge in [0.2, 0.25) is 0 Å². The van der Waals surface area contributed by atoms with Crippen LogP contribution in [0.3, 0.4) is 0 Å². The van der Waals surface area contributed by atoms with Gasteiger partial charge in [0.05, 0.1) is 6.54 Å². The number of carboxylic acids is 1. The van der Waals surface area contributed by atoms with E-state index in [0.717, 1.165) is 5.76 Å². The van der Waals surface area contributed by atoms with Gasteiger partial charge in [-0.1, -0.05) is 6.92 Å². The van der Waals surface area contributed by atoms with Crippen LogP contribution in [0.4, 0.5) is 4.79 Å². The molecule has 6 nitrogen and oxygen atoms in total. The number of carbonyl (C=O) groups excluding carboxylic acids is 1.